The molecule has 0 atom stereocenters. The van der Waals surface area contributed by atoms with Gasteiger partial charge in [0.25, 0.3) is 0 Å². The molecule has 0 spiro atoms. The Balaban J connectivity index is 1.33. The molecule has 10 nitrogen and oxygen atoms in total. The van der Waals surface area contributed by atoms with Gasteiger partial charge in [-0.25, -0.2) is 9.97 Å². The molecule has 5 rings (SSSR count). The number of methoxy groups -OCH3 is 1. The standard InChI is InChI=1S/C31H42N8O2/c1-33-25-15-21(5-6-22(25)19-32)26-17-31(36-20-35-26)37-28-16-27(34-2)29(18-30(28)40-4)38(3)23-7-11-39(12-8-23)24-9-13-41-14-10-24/h5-6,15-20,23-24,32-34H,7-14H2,1-4H3,(H,35,36,37). The Kier molecular flexibility index (Phi) is 9.21. The SMILES string of the molecule is CNc1cc(-c2cc(Nc3cc(NC)c(N(C)C4CCN(C5CCOCC5)CC4)cc3OC)ncn2)ccc1C=N. The van der Waals surface area contributed by atoms with Gasteiger partial charge in [-0.15, -0.1) is 0 Å². The van der Waals surface area contributed by atoms with Crippen molar-refractivity contribution in [2.24, 2.45) is 0 Å². The van der Waals surface area contributed by atoms with Crippen molar-refractivity contribution in [3.05, 3.63) is 48.3 Å². The van der Waals surface area contributed by atoms with Gasteiger partial charge in [-0.1, -0.05) is 12.1 Å². The average Bonchev–Trinajstić information content (AvgIpc) is 3.04. The minimum atomic E-state index is 0.465. The van der Waals surface area contributed by atoms with E-state index in [0.29, 0.717) is 17.9 Å². The molecular formula is C31H42N8O2. The molecule has 0 saturated carbocycles. The van der Waals surface area contributed by atoms with Crippen LogP contribution in [0.1, 0.15) is 31.2 Å². The van der Waals surface area contributed by atoms with Crippen LogP contribution in [0.3, 0.4) is 0 Å². The van der Waals surface area contributed by atoms with E-state index in [-0.39, 0.29) is 0 Å². The summed E-state index contributed by atoms with van der Waals surface area (Å²) in [6.45, 7) is 4.04. The van der Waals surface area contributed by atoms with E-state index in [1.165, 1.54) is 6.21 Å². The molecule has 0 bridgehead atoms. The van der Waals surface area contributed by atoms with Gasteiger partial charge in [-0.05, 0) is 37.8 Å². The Hall–Kier alpha value is -3.89. The predicted molar refractivity (Wildman–Crippen MR) is 168 cm³/mol. The molecular weight excluding hydrogens is 516 g/mol. The van der Waals surface area contributed by atoms with Crippen molar-refractivity contribution in [2.45, 2.75) is 37.8 Å². The van der Waals surface area contributed by atoms with Crippen molar-refractivity contribution < 1.29 is 9.47 Å². The number of benzene rings is 2. The molecule has 2 fully saturated rings. The zero-order valence-corrected chi connectivity index (χ0v) is 24.5. The molecule has 2 aliphatic heterocycles. The second kappa shape index (κ2) is 13.2. The largest absolute Gasteiger partial charge is 0.494 e. The van der Waals surface area contributed by atoms with Gasteiger partial charge in [0, 0.05) is 94.7 Å². The fourth-order valence-electron chi connectivity index (χ4n) is 5.99. The first kappa shape index (κ1) is 28.6. The summed E-state index contributed by atoms with van der Waals surface area (Å²) in [5.74, 6) is 1.41. The molecule has 0 unspecified atom stereocenters. The third-order valence-corrected chi connectivity index (χ3v) is 8.42. The molecule has 218 valence electrons. The third kappa shape index (κ3) is 6.39. The Morgan fingerprint density at radius 1 is 0.976 bits per heavy atom. The van der Waals surface area contributed by atoms with Crippen molar-refractivity contribution in [1.82, 2.24) is 14.9 Å². The number of rotatable bonds is 10. The van der Waals surface area contributed by atoms with Gasteiger partial charge in [0.1, 0.15) is 17.9 Å². The molecule has 0 aliphatic carbocycles. The van der Waals surface area contributed by atoms with Crippen LogP contribution in [0.25, 0.3) is 11.3 Å². The van der Waals surface area contributed by atoms with Gasteiger partial charge in [-0.2, -0.15) is 0 Å². The van der Waals surface area contributed by atoms with Gasteiger partial charge in [0.15, 0.2) is 0 Å². The van der Waals surface area contributed by atoms with Crippen molar-refractivity contribution in [3.8, 4) is 17.0 Å². The highest BCUT2D eigenvalue weighted by atomic mass is 16.5. The maximum atomic E-state index is 7.61. The van der Waals surface area contributed by atoms with E-state index in [9.17, 15) is 0 Å². The molecule has 41 heavy (non-hydrogen) atoms. The van der Waals surface area contributed by atoms with E-state index >= 15 is 0 Å². The zero-order valence-electron chi connectivity index (χ0n) is 24.5. The van der Waals surface area contributed by atoms with E-state index in [1.54, 1.807) is 13.4 Å². The highest BCUT2D eigenvalue weighted by Gasteiger charge is 2.29. The Bertz CT molecular complexity index is 1340. The lowest BCUT2D eigenvalue weighted by Gasteiger charge is -2.42. The fourth-order valence-corrected chi connectivity index (χ4v) is 5.99. The van der Waals surface area contributed by atoms with E-state index in [4.69, 9.17) is 14.9 Å². The number of ether oxygens (including phenoxy) is 2. The molecule has 10 heteroatoms. The number of nitrogens with one attached hydrogen (secondary N) is 4. The summed E-state index contributed by atoms with van der Waals surface area (Å²) in [6, 6.07) is 13.1. The molecule has 2 aliphatic rings. The van der Waals surface area contributed by atoms with E-state index in [2.05, 4.69) is 54.9 Å². The first-order valence-electron chi connectivity index (χ1n) is 14.4. The zero-order chi connectivity index (χ0) is 28.8. The summed E-state index contributed by atoms with van der Waals surface area (Å²) in [4.78, 5) is 14.0. The number of aromatic nitrogens is 2. The summed E-state index contributed by atoms with van der Waals surface area (Å²) in [5, 5.41) is 17.6. The van der Waals surface area contributed by atoms with E-state index in [0.717, 1.165) is 97.3 Å². The van der Waals surface area contributed by atoms with Crippen LogP contribution in [-0.4, -0.2) is 87.7 Å². The minimum Gasteiger partial charge on any atom is -0.494 e. The number of piperidine rings is 1. The van der Waals surface area contributed by atoms with Crippen molar-refractivity contribution in [1.29, 1.82) is 5.41 Å². The van der Waals surface area contributed by atoms with Crippen LogP contribution in [0.15, 0.2) is 42.7 Å². The highest BCUT2D eigenvalue weighted by molar-refractivity contribution is 5.88. The van der Waals surface area contributed by atoms with Crippen LogP contribution in [0.2, 0.25) is 0 Å². The highest BCUT2D eigenvalue weighted by Crippen LogP contribution is 2.39. The van der Waals surface area contributed by atoms with Crippen LogP contribution in [0, 0.1) is 5.41 Å². The lowest BCUT2D eigenvalue weighted by Crippen LogP contribution is -2.48. The molecule has 2 aromatic carbocycles. The predicted octanol–water partition coefficient (Wildman–Crippen LogP) is 5.06. The number of likely N-dealkylation sites (tertiary alicyclic amines) is 1. The Labute approximate surface area is 243 Å². The summed E-state index contributed by atoms with van der Waals surface area (Å²) in [7, 11) is 7.70. The summed E-state index contributed by atoms with van der Waals surface area (Å²) < 4.78 is 11.4. The van der Waals surface area contributed by atoms with Crippen LogP contribution in [0.4, 0.5) is 28.6 Å². The van der Waals surface area contributed by atoms with Gasteiger partial charge in [0.2, 0.25) is 0 Å². The normalized spacial score (nSPS) is 16.7. The van der Waals surface area contributed by atoms with E-state index < -0.39 is 0 Å². The topological polar surface area (TPSA) is 111 Å². The fraction of sp³-hybridized carbons (Fsp3) is 0.452. The first-order valence-corrected chi connectivity index (χ1v) is 14.4. The number of hydrogen-bond donors (Lipinski definition) is 4. The number of nitrogens with zero attached hydrogens (tertiary/aromatic N) is 4. The van der Waals surface area contributed by atoms with Gasteiger partial charge in [-0.3, -0.25) is 0 Å². The second-order valence-electron chi connectivity index (χ2n) is 10.7. The van der Waals surface area contributed by atoms with E-state index in [1.807, 2.05) is 38.4 Å². The van der Waals surface area contributed by atoms with Crippen molar-refractivity contribution in [2.75, 3.05) is 75.4 Å². The Morgan fingerprint density at radius 3 is 2.41 bits per heavy atom. The first-order chi connectivity index (χ1) is 20.0. The molecule has 0 amide bonds. The quantitative estimate of drug-likeness (QED) is 0.254. The van der Waals surface area contributed by atoms with Gasteiger partial charge < -0.3 is 40.6 Å². The molecule has 3 aromatic rings. The summed E-state index contributed by atoms with van der Waals surface area (Å²) in [6.07, 6.45) is 7.47. The maximum Gasteiger partial charge on any atom is 0.144 e. The lowest BCUT2D eigenvalue weighted by atomic mass is 9.98. The maximum absolute atomic E-state index is 7.61. The molecule has 3 heterocycles. The lowest BCUT2D eigenvalue weighted by molar-refractivity contribution is 0.0253. The third-order valence-electron chi connectivity index (χ3n) is 8.42. The van der Waals surface area contributed by atoms with Crippen LogP contribution in [-0.2, 0) is 4.74 Å². The number of hydrogen-bond acceptors (Lipinski definition) is 10. The second-order valence-corrected chi connectivity index (χ2v) is 10.7. The summed E-state index contributed by atoms with van der Waals surface area (Å²) >= 11 is 0. The minimum absolute atomic E-state index is 0.465. The molecule has 4 N–H and O–H groups in total. The smallest absolute Gasteiger partial charge is 0.144 e. The molecule has 0 radical (unpaired) electrons. The van der Waals surface area contributed by atoms with Gasteiger partial charge >= 0.3 is 0 Å². The average molecular weight is 559 g/mol. The molecule has 1 aromatic heterocycles. The number of anilines is 5. The van der Waals surface area contributed by atoms with Crippen LogP contribution >= 0.6 is 0 Å². The van der Waals surface area contributed by atoms with Crippen molar-refractivity contribution in [3.63, 3.8) is 0 Å². The Morgan fingerprint density at radius 2 is 1.73 bits per heavy atom. The van der Waals surface area contributed by atoms with Crippen LogP contribution in [0.5, 0.6) is 5.75 Å². The van der Waals surface area contributed by atoms with Crippen molar-refractivity contribution >= 4 is 34.8 Å². The van der Waals surface area contributed by atoms with Crippen LogP contribution < -0.4 is 25.6 Å². The van der Waals surface area contributed by atoms with Gasteiger partial charge in [0.05, 0.1) is 29.9 Å². The monoisotopic (exact) mass is 558 g/mol. The molecule has 2 saturated heterocycles. The summed E-state index contributed by atoms with van der Waals surface area (Å²) in [5.41, 5.74) is 6.39.